The van der Waals surface area contributed by atoms with Crippen LogP contribution in [-0.4, -0.2) is 54.0 Å². The molecule has 116 valence electrons. The lowest BCUT2D eigenvalue weighted by atomic mass is 10.2. The summed E-state index contributed by atoms with van der Waals surface area (Å²) >= 11 is 0. The maximum absolute atomic E-state index is 9.84. The van der Waals surface area contributed by atoms with Crippen LogP contribution in [0.25, 0.3) is 0 Å². The Morgan fingerprint density at radius 1 is 1.35 bits per heavy atom. The zero-order valence-electron chi connectivity index (χ0n) is 13.1. The van der Waals surface area contributed by atoms with Gasteiger partial charge in [0.05, 0.1) is 31.1 Å². The monoisotopic (exact) mass is 285 g/mol. The highest BCUT2D eigenvalue weighted by Gasteiger charge is 2.11. The van der Waals surface area contributed by atoms with E-state index in [1.165, 1.54) is 5.56 Å². The molecule has 0 radical (unpaired) electrons. The van der Waals surface area contributed by atoms with E-state index in [0.717, 1.165) is 11.4 Å². The van der Waals surface area contributed by atoms with Crippen LogP contribution in [0.15, 0.2) is 0 Å². The highest BCUT2D eigenvalue weighted by atomic mass is 16.5. The number of nitrogens with one attached hydrogen (secondary N) is 1. The molecule has 0 aromatic carbocycles. The predicted molar refractivity (Wildman–Crippen MR) is 77.7 cm³/mol. The Morgan fingerprint density at radius 2 is 2.05 bits per heavy atom. The smallest absolute Gasteiger partial charge is 0.0897 e. The van der Waals surface area contributed by atoms with Gasteiger partial charge in [-0.1, -0.05) is 0 Å². The standard InChI is InChI=1S/C14H27N3O3/c1-10(8-19-5)20-9-13(18)6-15-7-14-11(2)16-17(4)12(14)3/h10,13,15,18H,6-9H2,1-5H3. The number of hydrogen-bond acceptors (Lipinski definition) is 5. The van der Waals surface area contributed by atoms with Gasteiger partial charge in [0.2, 0.25) is 0 Å². The minimum atomic E-state index is -0.522. The van der Waals surface area contributed by atoms with Crippen molar-refractivity contribution in [1.82, 2.24) is 15.1 Å². The van der Waals surface area contributed by atoms with Gasteiger partial charge < -0.3 is 19.9 Å². The lowest BCUT2D eigenvalue weighted by molar-refractivity contribution is -0.0311. The normalized spacial score (nSPS) is 14.5. The van der Waals surface area contributed by atoms with E-state index in [2.05, 4.69) is 10.4 Å². The van der Waals surface area contributed by atoms with Crippen LogP contribution in [0, 0.1) is 13.8 Å². The van der Waals surface area contributed by atoms with Crippen LogP contribution in [0.1, 0.15) is 23.9 Å². The third-order valence-electron chi connectivity index (χ3n) is 3.32. The molecule has 2 unspecified atom stereocenters. The first-order valence-corrected chi connectivity index (χ1v) is 6.94. The van der Waals surface area contributed by atoms with Crippen molar-refractivity contribution in [2.75, 3.05) is 26.9 Å². The summed E-state index contributed by atoms with van der Waals surface area (Å²) in [7, 11) is 3.57. The largest absolute Gasteiger partial charge is 0.389 e. The van der Waals surface area contributed by atoms with Crippen molar-refractivity contribution in [1.29, 1.82) is 0 Å². The SMILES string of the molecule is COCC(C)OCC(O)CNCc1c(C)nn(C)c1C. The molecule has 2 atom stereocenters. The molecule has 0 bridgehead atoms. The molecule has 20 heavy (non-hydrogen) atoms. The number of ether oxygens (including phenoxy) is 2. The van der Waals surface area contributed by atoms with Crippen LogP contribution < -0.4 is 5.32 Å². The van der Waals surface area contributed by atoms with Gasteiger partial charge in [-0.25, -0.2) is 0 Å². The Morgan fingerprint density at radius 3 is 2.60 bits per heavy atom. The number of nitrogens with zero attached hydrogens (tertiary/aromatic N) is 2. The fraction of sp³-hybridized carbons (Fsp3) is 0.786. The lowest BCUT2D eigenvalue weighted by Gasteiger charge is -2.16. The summed E-state index contributed by atoms with van der Waals surface area (Å²) < 4.78 is 12.3. The molecule has 1 aromatic rings. The number of methoxy groups -OCH3 is 1. The van der Waals surface area contributed by atoms with E-state index in [1.807, 2.05) is 32.5 Å². The second kappa shape index (κ2) is 8.36. The third kappa shape index (κ3) is 5.20. The highest BCUT2D eigenvalue weighted by Crippen LogP contribution is 2.11. The molecule has 1 heterocycles. The van der Waals surface area contributed by atoms with Crippen LogP contribution in [0.3, 0.4) is 0 Å². The average Bonchev–Trinajstić information content (AvgIpc) is 2.63. The van der Waals surface area contributed by atoms with Crippen molar-refractivity contribution >= 4 is 0 Å². The Kier molecular flexibility index (Phi) is 7.15. The van der Waals surface area contributed by atoms with Gasteiger partial charge in [-0.2, -0.15) is 5.10 Å². The third-order valence-corrected chi connectivity index (χ3v) is 3.32. The molecule has 1 aromatic heterocycles. The molecule has 6 nitrogen and oxygen atoms in total. The van der Waals surface area contributed by atoms with E-state index in [0.29, 0.717) is 26.3 Å². The van der Waals surface area contributed by atoms with Crippen molar-refractivity contribution in [3.05, 3.63) is 17.0 Å². The fourth-order valence-corrected chi connectivity index (χ4v) is 2.05. The van der Waals surface area contributed by atoms with E-state index in [1.54, 1.807) is 7.11 Å². The summed E-state index contributed by atoms with van der Waals surface area (Å²) in [5.41, 5.74) is 3.36. The van der Waals surface area contributed by atoms with Crippen molar-refractivity contribution in [2.24, 2.45) is 7.05 Å². The van der Waals surface area contributed by atoms with Crippen molar-refractivity contribution in [3.63, 3.8) is 0 Å². The molecular formula is C14H27N3O3. The topological polar surface area (TPSA) is 68.5 Å². The maximum atomic E-state index is 9.84. The van der Waals surface area contributed by atoms with Gasteiger partial charge in [0, 0.05) is 38.5 Å². The fourth-order valence-electron chi connectivity index (χ4n) is 2.05. The maximum Gasteiger partial charge on any atom is 0.0897 e. The Balaban J connectivity index is 2.26. The predicted octanol–water partition coefficient (Wildman–Crippen LogP) is 0.539. The zero-order chi connectivity index (χ0) is 15.1. The van der Waals surface area contributed by atoms with E-state index in [9.17, 15) is 5.11 Å². The molecule has 6 heteroatoms. The van der Waals surface area contributed by atoms with Gasteiger partial charge in [-0.15, -0.1) is 0 Å². The molecule has 0 saturated heterocycles. The average molecular weight is 285 g/mol. The van der Waals surface area contributed by atoms with Gasteiger partial charge in [-0.3, -0.25) is 4.68 Å². The molecule has 0 amide bonds. The molecule has 2 N–H and O–H groups in total. The Bertz CT molecular complexity index is 407. The molecule has 0 fully saturated rings. The number of aryl methyl sites for hydroxylation is 2. The first-order valence-electron chi connectivity index (χ1n) is 6.94. The summed E-state index contributed by atoms with van der Waals surface area (Å²) in [6.07, 6.45) is -0.524. The van der Waals surface area contributed by atoms with E-state index >= 15 is 0 Å². The number of aromatic nitrogens is 2. The minimum absolute atomic E-state index is 0.00235. The van der Waals surface area contributed by atoms with Crippen molar-refractivity contribution in [3.8, 4) is 0 Å². The number of rotatable bonds is 9. The first-order chi connectivity index (χ1) is 9.45. The Labute approximate surface area is 121 Å². The van der Waals surface area contributed by atoms with Gasteiger partial charge in [-0.05, 0) is 20.8 Å². The molecular weight excluding hydrogens is 258 g/mol. The second-order valence-corrected chi connectivity index (χ2v) is 5.16. The first kappa shape index (κ1) is 17.1. The van der Waals surface area contributed by atoms with Crippen LogP contribution >= 0.6 is 0 Å². The summed E-state index contributed by atoms with van der Waals surface area (Å²) in [5, 5.41) is 17.4. The number of hydrogen-bond donors (Lipinski definition) is 2. The number of aliphatic hydroxyl groups is 1. The van der Waals surface area contributed by atoms with Crippen LogP contribution in [0.5, 0.6) is 0 Å². The van der Waals surface area contributed by atoms with Gasteiger partial charge in [0.25, 0.3) is 0 Å². The van der Waals surface area contributed by atoms with Crippen LogP contribution in [0.2, 0.25) is 0 Å². The molecule has 0 aliphatic heterocycles. The van der Waals surface area contributed by atoms with E-state index in [-0.39, 0.29) is 6.10 Å². The lowest BCUT2D eigenvalue weighted by Crippen LogP contribution is -2.32. The minimum Gasteiger partial charge on any atom is -0.389 e. The molecule has 0 spiro atoms. The quantitative estimate of drug-likeness (QED) is 0.693. The summed E-state index contributed by atoms with van der Waals surface area (Å²) in [6.45, 7) is 8.01. The van der Waals surface area contributed by atoms with E-state index in [4.69, 9.17) is 9.47 Å². The van der Waals surface area contributed by atoms with Crippen molar-refractivity contribution in [2.45, 2.75) is 39.5 Å². The Hall–Kier alpha value is -0.950. The molecule has 0 saturated carbocycles. The molecule has 1 rings (SSSR count). The van der Waals surface area contributed by atoms with Crippen LogP contribution in [0.4, 0.5) is 0 Å². The molecule has 0 aliphatic carbocycles. The second-order valence-electron chi connectivity index (χ2n) is 5.16. The summed E-state index contributed by atoms with van der Waals surface area (Å²) in [6, 6.07) is 0. The van der Waals surface area contributed by atoms with Gasteiger partial charge >= 0.3 is 0 Å². The molecule has 0 aliphatic rings. The highest BCUT2D eigenvalue weighted by molar-refractivity contribution is 5.23. The van der Waals surface area contributed by atoms with Gasteiger partial charge in [0.1, 0.15) is 0 Å². The van der Waals surface area contributed by atoms with Crippen molar-refractivity contribution < 1.29 is 14.6 Å². The summed E-state index contributed by atoms with van der Waals surface area (Å²) in [5.74, 6) is 0. The zero-order valence-corrected chi connectivity index (χ0v) is 13.1. The summed E-state index contributed by atoms with van der Waals surface area (Å²) in [4.78, 5) is 0. The van der Waals surface area contributed by atoms with E-state index < -0.39 is 6.10 Å². The number of aliphatic hydroxyl groups excluding tert-OH is 1. The van der Waals surface area contributed by atoms with Gasteiger partial charge in [0.15, 0.2) is 0 Å². The van der Waals surface area contributed by atoms with Crippen LogP contribution in [-0.2, 0) is 23.1 Å².